The summed E-state index contributed by atoms with van der Waals surface area (Å²) in [5.41, 5.74) is 0.715. The van der Waals surface area contributed by atoms with Crippen LogP contribution in [0.1, 0.15) is 18.1 Å². The number of furan rings is 1. The molecule has 1 saturated heterocycles. The molecule has 3 aliphatic rings. The van der Waals surface area contributed by atoms with Gasteiger partial charge < -0.3 is 27.0 Å². The molecule has 0 amide bonds. The quantitative estimate of drug-likeness (QED) is 0.383. The van der Waals surface area contributed by atoms with Gasteiger partial charge in [0.05, 0.1) is 6.26 Å². The van der Waals surface area contributed by atoms with Crippen molar-refractivity contribution in [2.24, 2.45) is 11.8 Å². The molecule has 4 nitrogen and oxygen atoms in total. The molecule has 27 heavy (non-hydrogen) atoms. The molecule has 1 aromatic rings. The number of allylic oxidation sites excluding steroid dienone is 4. The molecule has 0 bridgehead atoms. The van der Waals surface area contributed by atoms with Crippen molar-refractivity contribution >= 4 is 26.8 Å². The van der Waals surface area contributed by atoms with Crippen LogP contribution >= 0.6 is 18.6 Å². The van der Waals surface area contributed by atoms with Gasteiger partial charge in [-0.2, -0.15) is 0 Å². The molecule has 146 valence electrons. The first kappa shape index (κ1) is 23.4. The van der Waals surface area contributed by atoms with Gasteiger partial charge in [-0.05, 0) is 35.9 Å². The van der Waals surface area contributed by atoms with Crippen molar-refractivity contribution < 1.29 is 21.4 Å². The second-order valence-electron chi connectivity index (χ2n) is 7.53. The van der Waals surface area contributed by atoms with Crippen LogP contribution in [0.25, 0.3) is 10.6 Å². The summed E-state index contributed by atoms with van der Waals surface area (Å²) in [4.78, 5) is 0. The van der Waals surface area contributed by atoms with E-state index in [-0.39, 0.29) is 7.43 Å². The Hall–Kier alpha value is 0.151. The second-order valence-corrected chi connectivity index (χ2v) is 14.8. The van der Waals surface area contributed by atoms with Crippen molar-refractivity contribution in [2.75, 3.05) is 20.0 Å². The summed E-state index contributed by atoms with van der Waals surface area (Å²) in [6.45, 7) is 7.40. The van der Waals surface area contributed by atoms with E-state index in [1.807, 2.05) is 12.3 Å². The van der Waals surface area contributed by atoms with Crippen LogP contribution < -0.4 is 0 Å². The average molecular weight is 461 g/mol. The SMILES string of the molecule is C[Si](C)(C1C[C@H](c2ccco2)C2C=CC=CC21)N1C[N-]C[N-]C1.[CH3-].[Cl][Ti+4][Cl]. The van der Waals surface area contributed by atoms with Crippen LogP contribution in [-0.4, -0.2) is 32.8 Å². The Balaban J connectivity index is 0.000000614. The molecule has 2 fully saturated rings. The number of fused-ring (bicyclic) bond motifs is 1. The van der Waals surface area contributed by atoms with Crippen LogP contribution in [-0.2, 0) is 17.0 Å². The molecule has 1 aromatic heterocycles. The van der Waals surface area contributed by atoms with Crippen LogP contribution in [0, 0.1) is 19.3 Å². The van der Waals surface area contributed by atoms with E-state index in [9.17, 15) is 0 Å². The minimum atomic E-state index is -1.61. The maximum absolute atomic E-state index is 5.78. The van der Waals surface area contributed by atoms with Gasteiger partial charge >= 0.3 is 35.6 Å². The average Bonchev–Trinajstić information content (AvgIpc) is 3.31. The van der Waals surface area contributed by atoms with Gasteiger partial charge in [-0.3, -0.25) is 6.67 Å². The number of hydrogen-bond acceptors (Lipinski definition) is 2. The molecule has 2 heterocycles. The molecule has 3 unspecified atom stereocenters. The molecule has 0 spiro atoms. The van der Waals surface area contributed by atoms with E-state index in [1.165, 1.54) is 6.42 Å². The van der Waals surface area contributed by atoms with E-state index in [1.54, 1.807) is 0 Å². The topological polar surface area (TPSA) is 44.6 Å². The van der Waals surface area contributed by atoms with Crippen LogP contribution in [0.15, 0.2) is 47.1 Å². The Bertz CT molecular complexity index is 620. The van der Waals surface area contributed by atoms with Crippen molar-refractivity contribution in [1.82, 2.24) is 4.57 Å². The van der Waals surface area contributed by atoms with Crippen LogP contribution in [0.3, 0.4) is 0 Å². The van der Waals surface area contributed by atoms with Gasteiger partial charge in [-0.15, -0.1) is 13.3 Å². The molecule has 0 aromatic carbocycles. The van der Waals surface area contributed by atoms with Crippen molar-refractivity contribution in [3.63, 3.8) is 0 Å². The first-order chi connectivity index (χ1) is 12.6. The van der Waals surface area contributed by atoms with E-state index < -0.39 is 25.3 Å². The fourth-order valence-electron chi connectivity index (χ4n) is 4.65. The minimum absolute atomic E-state index is 0. The van der Waals surface area contributed by atoms with Crippen molar-refractivity contribution in [1.29, 1.82) is 0 Å². The Morgan fingerprint density at radius 3 is 2.37 bits per heavy atom. The summed E-state index contributed by atoms with van der Waals surface area (Å²) in [5.74, 6) is 2.85. The Morgan fingerprint density at radius 1 is 1.15 bits per heavy atom. The van der Waals surface area contributed by atoms with Gasteiger partial charge in [0.1, 0.15) is 14.0 Å². The Labute approximate surface area is 181 Å². The summed E-state index contributed by atoms with van der Waals surface area (Å²) in [7, 11) is 8.16. The van der Waals surface area contributed by atoms with Crippen molar-refractivity contribution in [3.8, 4) is 0 Å². The van der Waals surface area contributed by atoms with Crippen LogP contribution in [0.5, 0.6) is 0 Å². The van der Waals surface area contributed by atoms with E-state index in [4.69, 9.17) is 23.0 Å². The van der Waals surface area contributed by atoms with Crippen LogP contribution in [0.2, 0.25) is 18.6 Å². The maximum atomic E-state index is 5.78. The Morgan fingerprint density at radius 2 is 1.78 bits per heavy atom. The summed E-state index contributed by atoms with van der Waals surface area (Å²) >= 11 is -0.556. The summed E-state index contributed by atoms with van der Waals surface area (Å²) < 4.78 is 8.34. The molecular formula is C19H28Cl2N3OSiTi+. The fraction of sp³-hybridized carbons (Fsp3) is 0.526. The van der Waals surface area contributed by atoms with Crippen LogP contribution in [0.4, 0.5) is 0 Å². The van der Waals surface area contributed by atoms with E-state index in [2.05, 4.69) is 58.7 Å². The van der Waals surface area contributed by atoms with Gasteiger partial charge in [-0.1, -0.05) is 37.4 Å². The van der Waals surface area contributed by atoms with Gasteiger partial charge in [0, 0.05) is 5.92 Å². The molecular weight excluding hydrogens is 433 g/mol. The molecule has 4 atom stereocenters. The van der Waals surface area contributed by atoms with Gasteiger partial charge in [-0.25, -0.2) is 0 Å². The third-order valence-corrected chi connectivity index (χ3v) is 10.4. The zero-order valence-electron chi connectivity index (χ0n) is 16.2. The normalized spacial score (nSPS) is 30.4. The summed E-state index contributed by atoms with van der Waals surface area (Å²) in [6, 6.07) is 4.17. The Kier molecular flexibility index (Phi) is 9.37. The fourth-order valence-corrected chi connectivity index (χ4v) is 8.15. The van der Waals surface area contributed by atoms with E-state index >= 15 is 0 Å². The zero-order valence-corrected chi connectivity index (χ0v) is 20.3. The third-order valence-electron chi connectivity index (χ3n) is 6.03. The third kappa shape index (κ3) is 5.20. The molecule has 8 heteroatoms. The molecule has 0 radical (unpaired) electrons. The second kappa shape index (κ2) is 10.8. The van der Waals surface area contributed by atoms with Gasteiger partial charge in [0.25, 0.3) is 0 Å². The number of nitrogens with zero attached hydrogens (tertiary/aromatic N) is 3. The molecule has 1 saturated carbocycles. The predicted molar refractivity (Wildman–Crippen MR) is 114 cm³/mol. The molecule has 4 rings (SSSR count). The van der Waals surface area contributed by atoms with Crippen molar-refractivity contribution in [3.05, 3.63) is 66.5 Å². The first-order valence-corrected chi connectivity index (χ1v) is 16.3. The van der Waals surface area contributed by atoms with E-state index in [0.29, 0.717) is 30.0 Å². The molecule has 2 aliphatic carbocycles. The molecule has 0 N–H and O–H groups in total. The summed E-state index contributed by atoms with van der Waals surface area (Å²) in [5, 5.41) is 9.03. The number of hydrogen-bond donors (Lipinski definition) is 0. The van der Waals surface area contributed by atoms with Gasteiger partial charge in [0.15, 0.2) is 0 Å². The monoisotopic (exact) mass is 460 g/mol. The first-order valence-electron chi connectivity index (χ1n) is 8.95. The number of halogens is 2. The standard InChI is InChI=1S/C18H25N3OSi.CH3.2ClH.Ti/c1-23(2,21-12-19-11-20-13-21)18-10-16(17-8-5-9-22-17)14-6-3-4-7-15(14)18;;;;/h3-9,14-16,18H,10-13H2,1-2H3;1H3;2*1H;/q-2;-1;;;+6/p-2/t14?,15?,16-,18?;;;;/m0..../s1. The van der Waals surface area contributed by atoms with Gasteiger partial charge in [0.2, 0.25) is 0 Å². The number of rotatable bonds is 3. The summed E-state index contributed by atoms with van der Waals surface area (Å²) in [6.07, 6.45) is 12.3. The van der Waals surface area contributed by atoms with Crippen molar-refractivity contribution in [2.45, 2.75) is 31.0 Å². The zero-order chi connectivity index (χ0) is 18.6. The predicted octanol–water partition coefficient (Wildman–Crippen LogP) is 6.46. The van der Waals surface area contributed by atoms with E-state index in [0.717, 1.165) is 19.1 Å². The molecule has 1 aliphatic heterocycles.